The number of ether oxygens (including phenoxy) is 4. The van der Waals surface area contributed by atoms with E-state index in [4.69, 9.17) is 9.47 Å². The van der Waals surface area contributed by atoms with Gasteiger partial charge in [0.25, 0.3) is 0 Å². The average molecular weight is 677 g/mol. The van der Waals surface area contributed by atoms with E-state index >= 15 is 0 Å². The van der Waals surface area contributed by atoms with Gasteiger partial charge in [-0.1, -0.05) is 42.5 Å². The van der Waals surface area contributed by atoms with Crippen LogP contribution in [0.3, 0.4) is 0 Å². The monoisotopic (exact) mass is 676 g/mol. The number of hydrogen-bond donors (Lipinski definition) is 0. The van der Waals surface area contributed by atoms with Gasteiger partial charge >= 0.3 is 12.5 Å². The molecule has 3 aromatic rings. The van der Waals surface area contributed by atoms with Crippen LogP contribution in [0.4, 0.5) is 43.9 Å². The van der Waals surface area contributed by atoms with Crippen LogP contribution in [0.2, 0.25) is 0 Å². The van der Waals surface area contributed by atoms with Crippen molar-refractivity contribution in [3.63, 3.8) is 0 Å². The highest BCUT2D eigenvalue weighted by Gasteiger charge is 2.36. The molecule has 0 radical (unpaired) electrons. The van der Waals surface area contributed by atoms with Crippen molar-refractivity contribution >= 4 is 5.83 Å². The normalized spacial score (nSPS) is 18.1. The van der Waals surface area contributed by atoms with Crippen molar-refractivity contribution in [1.29, 1.82) is 0 Å². The molecule has 252 valence electrons. The van der Waals surface area contributed by atoms with Crippen molar-refractivity contribution in [2.45, 2.75) is 38.5 Å². The second kappa shape index (κ2) is 15.1. The fraction of sp³-hybridized carbons (Fsp3) is 0.273. The van der Waals surface area contributed by atoms with Crippen molar-refractivity contribution in [2.24, 2.45) is 5.92 Å². The van der Waals surface area contributed by atoms with Gasteiger partial charge in [0.1, 0.15) is 17.4 Å². The van der Waals surface area contributed by atoms with E-state index in [1.54, 1.807) is 19.1 Å². The summed E-state index contributed by atoms with van der Waals surface area (Å²) >= 11 is 0. The molecule has 0 atom stereocenters. The third kappa shape index (κ3) is 9.61. The smallest absolute Gasteiger partial charge is 0.429 e. The Morgan fingerprint density at radius 3 is 2.00 bits per heavy atom. The molecule has 1 aliphatic rings. The Bertz CT molecular complexity index is 1600. The van der Waals surface area contributed by atoms with Crippen LogP contribution in [0.5, 0.6) is 11.5 Å². The van der Waals surface area contributed by atoms with Crippen molar-refractivity contribution in [3.8, 4) is 11.5 Å². The summed E-state index contributed by atoms with van der Waals surface area (Å²) in [6.07, 6.45) is -4.96. The summed E-state index contributed by atoms with van der Waals surface area (Å²) in [4.78, 5) is 0. The third-order valence-electron chi connectivity index (χ3n) is 6.70. The Morgan fingerprint density at radius 1 is 0.809 bits per heavy atom. The highest BCUT2D eigenvalue weighted by molar-refractivity contribution is 5.61. The number of benzene rings is 3. The summed E-state index contributed by atoms with van der Waals surface area (Å²) in [6.45, 7) is 1.96. The van der Waals surface area contributed by atoms with Crippen molar-refractivity contribution < 1.29 is 62.9 Å². The maximum atomic E-state index is 14.8. The molecule has 14 heteroatoms. The first kappa shape index (κ1) is 35.6. The second-order valence-electron chi connectivity index (χ2n) is 10.2. The molecule has 1 heterocycles. The van der Waals surface area contributed by atoms with E-state index in [-0.39, 0.29) is 37.5 Å². The minimum atomic E-state index is -5.07. The van der Waals surface area contributed by atoms with Crippen molar-refractivity contribution in [1.82, 2.24) is 0 Å². The Balaban J connectivity index is 1.37. The van der Waals surface area contributed by atoms with Gasteiger partial charge in [-0.15, -0.1) is 13.2 Å². The van der Waals surface area contributed by atoms with Crippen LogP contribution in [0.25, 0.3) is 5.83 Å². The fourth-order valence-electron chi connectivity index (χ4n) is 4.44. The van der Waals surface area contributed by atoms with Crippen LogP contribution >= 0.6 is 0 Å². The van der Waals surface area contributed by atoms with Gasteiger partial charge < -0.3 is 18.9 Å². The molecule has 1 aliphatic heterocycles. The zero-order chi connectivity index (χ0) is 34.4. The lowest BCUT2D eigenvalue weighted by atomic mass is 10.1. The summed E-state index contributed by atoms with van der Waals surface area (Å²) in [5, 5.41) is 0. The van der Waals surface area contributed by atoms with E-state index in [0.717, 1.165) is 36.4 Å². The van der Waals surface area contributed by atoms with Crippen LogP contribution in [0, 0.1) is 23.4 Å². The van der Waals surface area contributed by atoms with E-state index in [2.05, 4.69) is 9.47 Å². The van der Waals surface area contributed by atoms with Crippen LogP contribution in [0.15, 0.2) is 84.7 Å². The molecule has 0 aromatic heterocycles. The zero-order valence-electron chi connectivity index (χ0n) is 24.4. The molecule has 0 saturated carbocycles. The first-order valence-electron chi connectivity index (χ1n) is 13.9. The molecule has 0 unspecified atom stereocenters. The van der Waals surface area contributed by atoms with Gasteiger partial charge in [-0.05, 0) is 49.6 Å². The van der Waals surface area contributed by atoms with Crippen LogP contribution in [-0.4, -0.2) is 25.9 Å². The highest BCUT2D eigenvalue weighted by Crippen LogP contribution is 2.35. The molecule has 47 heavy (non-hydrogen) atoms. The SMILES string of the molecule is C/C=C/C1COC(/C(F)=C(\F)c2ccc(C(F)(F)Oc3cc(F)c(C/C=C\Cc4ccc(OC(F)(F)F)c(F)c4)c(F)c3)cc2)OC1. The predicted octanol–water partition coefficient (Wildman–Crippen LogP) is 9.64. The molecule has 4 rings (SSSR count). The molecule has 0 N–H and O–H groups in total. The van der Waals surface area contributed by atoms with Gasteiger partial charge in [-0.2, -0.15) is 8.78 Å². The van der Waals surface area contributed by atoms with E-state index in [1.807, 2.05) is 0 Å². The average Bonchev–Trinajstić information content (AvgIpc) is 3.00. The minimum Gasteiger partial charge on any atom is -0.429 e. The molecular formula is C33H26F10O4. The van der Waals surface area contributed by atoms with Crippen LogP contribution in [-0.2, 0) is 28.4 Å². The highest BCUT2D eigenvalue weighted by atomic mass is 19.4. The lowest BCUT2D eigenvalue weighted by molar-refractivity contribution is -0.275. The zero-order valence-corrected chi connectivity index (χ0v) is 24.4. The molecule has 0 aliphatic carbocycles. The topological polar surface area (TPSA) is 36.9 Å². The molecule has 1 fully saturated rings. The molecule has 1 saturated heterocycles. The van der Waals surface area contributed by atoms with Crippen molar-refractivity contribution in [3.05, 3.63) is 124 Å². The number of halogens is 10. The molecule has 0 bridgehead atoms. The van der Waals surface area contributed by atoms with Gasteiger partial charge in [0.05, 0.1) is 18.8 Å². The second-order valence-corrected chi connectivity index (χ2v) is 10.2. The number of rotatable bonds is 11. The Morgan fingerprint density at radius 2 is 1.43 bits per heavy atom. The fourth-order valence-corrected chi connectivity index (χ4v) is 4.44. The minimum absolute atomic E-state index is 0.00951. The van der Waals surface area contributed by atoms with E-state index in [0.29, 0.717) is 12.1 Å². The van der Waals surface area contributed by atoms with E-state index < -0.39 is 76.1 Å². The quantitative estimate of drug-likeness (QED) is 0.150. The number of allylic oxidation sites excluding steroid dienone is 3. The predicted molar refractivity (Wildman–Crippen MR) is 150 cm³/mol. The van der Waals surface area contributed by atoms with Gasteiger partial charge in [-0.25, -0.2) is 22.0 Å². The Labute approximate surface area is 262 Å². The first-order valence-corrected chi connectivity index (χ1v) is 13.9. The standard InChI is InChI=1S/C33H26F10O4/c1-2-5-20-17-44-31(45-18-20)30(38)29(37)21-9-11-22(12-10-21)32(39,40)46-23-15-25(34)24(26(35)16-23)7-4-3-6-19-8-13-28(27(36)14-19)47-33(41,42)43/h2-5,8-16,20,31H,6-7,17-18H2,1H3/b4-3-,5-2+,30-29+. The van der Waals surface area contributed by atoms with Crippen LogP contribution < -0.4 is 9.47 Å². The van der Waals surface area contributed by atoms with Crippen molar-refractivity contribution in [2.75, 3.05) is 13.2 Å². The first-order chi connectivity index (χ1) is 22.2. The van der Waals surface area contributed by atoms with E-state index in [1.165, 1.54) is 18.2 Å². The summed E-state index contributed by atoms with van der Waals surface area (Å²) in [5.74, 6) is -8.47. The number of alkyl halides is 5. The Kier molecular flexibility index (Phi) is 11.4. The maximum Gasteiger partial charge on any atom is 0.573 e. The van der Waals surface area contributed by atoms with Gasteiger partial charge in [0.15, 0.2) is 23.2 Å². The lowest BCUT2D eigenvalue weighted by Crippen LogP contribution is -2.31. The maximum absolute atomic E-state index is 14.8. The summed E-state index contributed by atoms with van der Waals surface area (Å²) in [7, 11) is 0. The molecular weight excluding hydrogens is 650 g/mol. The van der Waals surface area contributed by atoms with Crippen LogP contribution in [0.1, 0.15) is 29.2 Å². The van der Waals surface area contributed by atoms with E-state index in [9.17, 15) is 43.9 Å². The molecule has 0 spiro atoms. The van der Waals surface area contributed by atoms with Gasteiger partial charge in [0, 0.05) is 29.2 Å². The lowest BCUT2D eigenvalue weighted by Gasteiger charge is -2.27. The summed E-state index contributed by atoms with van der Waals surface area (Å²) < 4.78 is 157. The molecule has 3 aromatic carbocycles. The Hall–Kier alpha value is -4.30. The van der Waals surface area contributed by atoms with Gasteiger partial charge in [-0.3, -0.25) is 0 Å². The summed E-state index contributed by atoms with van der Waals surface area (Å²) in [6, 6.07) is 7.06. The van der Waals surface area contributed by atoms with Gasteiger partial charge in [0.2, 0.25) is 6.29 Å². The summed E-state index contributed by atoms with van der Waals surface area (Å²) in [5.41, 5.74) is -1.48. The molecule has 4 nitrogen and oxygen atoms in total. The number of hydrogen-bond acceptors (Lipinski definition) is 4. The molecule has 0 amide bonds. The third-order valence-corrected chi connectivity index (χ3v) is 6.70. The largest absolute Gasteiger partial charge is 0.573 e.